The predicted octanol–water partition coefficient (Wildman–Crippen LogP) is 2.13. The van der Waals surface area contributed by atoms with Gasteiger partial charge in [0.2, 0.25) is 5.91 Å². The number of nitrogens with one attached hydrogen (secondary N) is 2. The maximum atomic E-state index is 12.1. The van der Waals surface area contributed by atoms with Gasteiger partial charge in [-0.25, -0.2) is 0 Å². The second kappa shape index (κ2) is 10.5. The van der Waals surface area contributed by atoms with Crippen LogP contribution >= 0.6 is 0 Å². The maximum absolute atomic E-state index is 12.1. The van der Waals surface area contributed by atoms with Gasteiger partial charge < -0.3 is 20.1 Å². The van der Waals surface area contributed by atoms with E-state index >= 15 is 0 Å². The minimum absolute atomic E-state index is 0.0419. The van der Waals surface area contributed by atoms with Crippen molar-refractivity contribution in [2.24, 2.45) is 0 Å². The molecule has 0 heterocycles. The third-order valence-corrected chi connectivity index (χ3v) is 3.07. The fraction of sp³-hybridized carbons (Fsp3) is 0.529. The molecule has 23 heavy (non-hydrogen) atoms. The van der Waals surface area contributed by atoms with E-state index < -0.39 is 0 Å². The molecule has 1 aromatic rings. The number of ether oxygens (including phenoxy) is 2. The van der Waals surface area contributed by atoms with Crippen LogP contribution < -0.4 is 20.1 Å². The molecule has 128 valence electrons. The molecule has 0 saturated carbocycles. The first-order valence-corrected chi connectivity index (χ1v) is 8.06. The lowest BCUT2D eigenvalue weighted by molar-refractivity contribution is -0.120. The zero-order valence-corrected chi connectivity index (χ0v) is 14.1. The summed E-state index contributed by atoms with van der Waals surface area (Å²) in [6, 6.07) is 4.97. The summed E-state index contributed by atoms with van der Waals surface area (Å²) in [6.45, 7) is 7.38. The third-order valence-electron chi connectivity index (χ3n) is 3.07. The molecule has 0 spiro atoms. The molecule has 2 N–H and O–H groups in total. The van der Waals surface area contributed by atoms with Crippen molar-refractivity contribution in [2.45, 2.75) is 33.6 Å². The van der Waals surface area contributed by atoms with E-state index in [1.165, 1.54) is 0 Å². The number of benzene rings is 1. The Hall–Kier alpha value is -2.24. The Labute approximate surface area is 137 Å². The normalized spacial score (nSPS) is 10.0. The molecule has 0 bridgehead atoms. The Kier molecular flexibility index (Phi) is 8.57. The van der Waals surface area contributed by atoms with Crippen molar-refractivity contribution in [3.63, 3.8) is 0 Å². The average molecular weight is 322 g/mol. The summed E-state index contributed by atoms with van der Waals surface area (Å²) < 4.78 is 10.9. The van der Waals surface area contributed by atoms with Crippen LogP contribution in [0.3, 0.4) is 0 Å². The highest BCUT2D eigenvalue weighted by Gasteiger charge is 2.12. The van der Waals surface area contributed by atoms with Gasteiger partial charge in [0.1, 0.15) is 0 Å². The molecule has 0 atom stereocenters. The third kappa shape index (κ3) is 6.59. The SMILES string of the molecule is CCCCNC(=O)CNC(=O)c1ccc(OCC)c(OCC)c1. The number of unbranched alkanes of at least 4 members (excludes halogenated alkanes) is 1. The molecule has 0 fully saturated rings. The molecule has 2 amide bonds. The van der Waals surface area contributed by atoms with Crippen molar-refractivity contribution in [2.75, 3.05) is 26.3 Å². The summed E-state index contributed by atoms with van der Waals surface area (Å²) in [5.74, 6) is 0.611. The number of carbonyl (C=O) groups excluding carboxylic acids is 2. The summed E-state index contributed by atoms with van der Waals surface area (Å²) in [5, 5.41) is 5.35. The van der Waals surface area contributed by atoms with Gasteiger partial charge in [-0.05, 0) is 38.5 Å². The molecule has 1 rings (SSSR count). The highest BCUT2D eigenvalue weighted by Crippen LogP contribution is 2.28. The van der Waals surface area contributed by atoms with Gasteiger partial charge in [-0.3, -0.25) is 9.59 Å². The lowest BCUT2D eigenvalue weighted by Gasteiger charge is -2.12. The van der Waals surface area contributed by atoms with Gasteiger partial charge in [-0.15, -0.1) is 0 Å². The van der Waals surface area contributed by atoms with Crippen LogP contribution in [0, 0.1) is 0 Å². The van der Waals surface area contributed by atoms with E-state index in [2.05, 4.69) is 17.6 Å². The van der Waals surface area contributed by atoms with Crippen molar-refractivity contribution >= 4 is 11.8 Å². The van der Waals surface area contributed by atoms with E-state index in [1.807, 2.05) is 13.8 Å². The molecule has 0 saturated heterocycles. The van der Waals surface area contributed by atoms with E-state index in [-0.39, 0.29) is 18.4 Å². The maximum Gasteiger partial charge on any atom is 0.251 e. The Morgan fingerprint density at radius 2 is 1.70 bits per heavy atom. The molecule has 6 heteroatoms. The summed E-state index contributed by atoms with van der Waals surface area (Å²) in [4.78, 5) is 23.7. The Balaban J connectivity index is 2.61. The zero-order valence-electron chi connectivity index (χ0n) is 14.1. The first kappa shape index (κ1) is 18.8. The number of hydrogen-bond acceptors (Lipinski definition) is 4. The van der Waals surface area contributed by atoms with Gasteiger partial charge in [0.05, 0.1) is 19.8 Å². The molecule has 6 nitrogen and oxygen atoms in total. The van der Waals surface area contributed by atoms with E-state index in [1.54, 1.807) is 18.2 Å². The highest BCUT2D eigenvalue weighted by molar-refractivity contribution is 5.97. The second-order valence-electron chi connectivity index (χ2n) is 4.91. The minimum Gasteiger partial charge on any atom is -0.490 e. The number of carbonyl (C=O) groups is 2. The summed E-state index contributed by atoms with van der Waals surface area (Å²) >= 11 is 0. The molecule has 0 radical (unpaired) electrons. The van der Waals surface area contributed by atoms with Crippen molar-refractivity contribution in [3.8, 4) is 11.5 Å². The van der Waals surface area contributed by atoms with Crippen LogP contribution in [0.15, 0.2) is 18.2 Å². The van der Waals surface area contributed by atoms with Gasteiger partial charge >= 0.3 is 0 Å². The zero-order chi connectivity index (χ0) is 17.1. The van der Waals surface area contributed by atoms with Crippen LogP contribution in [0.2, 0.25) is 0 Å². The van der Waals surface area contributed by atoms with Gasteiger partial charge in [0.25, 0.3) is 5.91 Å². The van der Waals surface area contributed by atoms with E-state index in [0.717, 1.165) is 12.8 Å². The summed E-state index contributed by atoms with van der Waals surface area (Å²) in [7, 11) is 0. The van der Waals surface area contributed by atoms with Gasteiger partial charge in [-0.2, -0.15) is 0 Å². The topological polar surface area (TPSA) is 76.7 Å². The fourth-order valence-corrected chi connectivity index (χ4v) is 1.92. The quantitative estimate of drug-likeness (QED) is 0.647. The predicted molar refractivity (Wildman–Crippen MR) is 89.0 cm³/mol. The van der Waals surface area contributed by atoms with Crippen LogP contribution in [0.25, 0.3) is 0 Å². The average Bonchev–Trinajstić information content (AvgIpc) is 2.55. The van der Waals surface area contributed by atoms with E-state index in [4.69, 9.17) is 9.47 Å². The molecular formula is C17H26N2O4. The van der Waals surface area contributed by atoms with Crippen LogP contribution in [0.5, 0.6) is 11.5 Å². The molecule has 0 unspecified atom stereocenters. The molecule has 0 aliphatic heterocycles. The summed E-state index contributed by atoms with van der Waals surface area (Å²) in [6.07, 6.45) is 1.94. The van der Waals surface area contributed by atoms with Crippen LogP contribution in [-0.2, 0) is 4.79 Å². The molecule has 1 aromatic carbocycles. The number of hydrogen-bond donors (Lipinski definition) is 2. The number of amides is 2. The van der Waals surface area contributed by atoms with Gasteiger partial charge in [0, 0.05) is 12.1 Å². The second-order valence-corrected chi connectivity index (χ2v) is 4.91. The van der Waals surface area contributed by atoms with E-state index in [0.29, 0.717) is 36.8 Å². The van der Waals surface area contributed by atoms with E-state index in [9.17, 15) is 9.59 Å². The van der Waals surface area contributed by atoms with Crippen LogP contribution in [-0.4, -0.2) is 38.1 Å². The lowest BCUT2D eigenvalue weighted by Crippen LogP contribution is -2.37. The fourth-order valence-electron chi connectivity index (χ4n) is 1.92. The standard InChI is InChI=1S/C17H26N2O4/c1-4-7-10-18-16(20)12-19-17(21)13-8-9-14(22-5-2)15(11-13)23-6-3/h8-9,11H,4-7,10,12H2,1-3H3,(H,18,20)(H,19,21). The smallest absolute Gasteiger partial charge is 0.251 e. The monoisotopic (exact) mass is 322 g/mol. The highest BCUT2D eigenvalue weighted by atomic mass is 16.5. The molecular weight excluding hydrogens is 296 g/mol. The van der Waals surface area contributed by atoms with Gasteiger partial charge in [-0.1, -0.05) is 13.3 Å². The lowest BCUT2D eigenvalue weighted by atomic mass is 10.2. The Bertz CT molecular complexity index is 517. The Morgan fingerprint density at radius 3 is 2.35 bits per heavy atom. The van der Waals surface area contributed by atoms with Crippen molar-refractivity contribution < 1.29 is 19.1 Å². The van der Waals surface area contributed by atoms with Crippen LogP contribution in [0.1, 0.15) is 44.0 Å². The first-order chi connectivity index (χ1) is 11.1. The van der Waals surface area contributed by atoms with Crippen molar-refractivity contribution in [3.05, 3.63) is 23.8 Å². The first-order valence-electron chi connectivity index (χ1n) is 8.06. The minimum atomic E-state index is -0.320. The largest absolute Gasteiger partial charge is 0.490 e. The van der Waals surface area contributed by atoms with Gasteiger partial charge in [0.15, 0.2) is 11.5 Å². The molecule has 0 aliphatic carbocycles. The van der Waals surface area contributed by atoms with Crippen molar-refractivity contribution in [1.29, 1.82) is 0 Å². The van der Waals surface area contributed by atoms with Crippen molar-refractivity contribution in [1.82, 2.24) is 10.6 Å². The summed E-state index contributed by atoms with van der Waals surface area (Å²) in [5.41, 5.74) is 0.429. The Morgan fingerprint density at radius 1 is 1.00 bits per heavy atom. The van der Waals surface area contributed by atoms with Crippen LogP contribution in [0.4, 0.5) is 0 Å². The number of rotatable bonds is 10. The molecule has 0 aromatic heterocycles. The molecule has 0 aliphatic rings.